The first-order chi connectivity index (χ1) is 11.2. The van der Waals surface area contributed by atoms with E-state index in [9.17, 15) is 9.59 Å². The lowest BCUT2D eigenvalue weighted by molar-refractivity contribution is -0.136. The van der Waals surface area contributed by atoms with Crippen LogP contribution >= 0.6 is 0 Å². The number of amides is 2. The summed E-state index contributed by atoms with van der Waals surface area (Å²) in [5.41, 5.74) is 4.07. The normalized spacial score (nSPS) is 15.8. The summed E-state index contributed by atoms with van der Waals surface area (Å²) >= 11 is 0. The average Bonchev–Trinajstić information content (AvgIpc) is 2.98. The number of carbonyl (C=O) groups is 2. The maximum atomic E-state index is 12.2. The second-order valence-electron chi connectivity index (χ2n) is 5.73. The molecule has 3 rings (SSSR count). The molecular weight excluding hydrogens is 288 g/mol. The largest absolute Gasteiger partial charge is 0.341 e. The smallest absolute Gasteiger partial charge is 0.313 e. The van der Waals surface area contributed by atoms with Crippen molar-refractivity contribution in [2.24, 2.45) is 0 Å². The summed E-state index contributed by atoms with van der Waals surface area (Å²) in [5.74, 6) is -1.20. The number of nitrogens with one attached hydrogen (secondary N) is 2. The number of benzene rings is 2. The van der Waals surface area contributed by atoms with Crippen molar-refractivity contribution in [2.75, 3.05) is 5.32 Å². The van der Waals surface area contributed by atoms with Gasteiger partial charge in [0.2, 0.25) is 0 Å². The Bertz CT molecular complexity index is 740. The van der Waals surface area contributed by atoms with E-state index >= 15 is 0 Å². The Morgan fingerprint density at radius 2 is 1.78 bits per heavy atom. The number of aryl methyl sites for hydroxylation is 2. The lowest BCUT2D eigenvalue weighted by Gasteiger charge is -2.14. The fourth-order valence-corrected chi connectivity index (χ4v) is 3.06. The molecule has 0 heterocycles. The maximum absolute atomic E-state index is 12.2. The molecule has 1 aliphatic carbocycles. The molecule has 0 radical (unpaired) electrons. The van der Waals surface area contributed by atoms with Crippen molar-refractivity contribution < 1.29 is 9.59 Å². The van der Waals surface area contributed by atoms with Gasteiger partial charge in [-0.3, -0.25) is 9.59 Å². The average molecular weight is 308 g/mol. The molecule has 2 amide bonds. The Kier molecular flexibility index (Phi) is 4.42. The molecule has 0 aromatic heterocycles. The lowest BCUT2D eigenvalue weighted by atomic mass is 10.1. The van der Waals surface area contributed by atoms with E-state index in [1.807, 2.05) is 49.4 Å². The highest BCUT2D eigenvalue weighted by Crippen LogP contribution is 2.30. The summed E-state index contributed by atoms with van der Waals surface area (Å²) in [7, 11) is 0. The predicted molar refractivity (Wildman–Crippen MR) is 90.1 cm³/mol. The third kappa shape index (κ3) is 3.26. The molecule has 0 fully saturated rings. The minimum absolute atomic E-state index is 0.0779. The van der Waals surface area contributed by atoms with Crippen LogP contribution in [0.15, 0.2) is 48.5 Å². The molecule has 2 N–H and O–H groups in total. The van der Waals surface area contributed by atoms with Gasteiger partial charge in [-0.15, -0.1) is 0 Å². The molecule has 2 aromatic rings. The van der Waals surface area contributed by atoms with Gasteiger partial charge < -0.3 is 10.6 Å². The molecule has 4 heteroatoms. The summed E-state index contributed by atoms with van der Waals surface area (Å²) in [5, 5.41) is 5.55. The van der Waals surface area contributed by atoms with Crippen molar-refractivity contribution in [2.45, 2.75) is 32.2 Å². The molecule has 0 bridgehead atoms. The molecule has 0 saturated carbocycles. The minimum atomic E-state index is -0.615. The van der Waals surface area contributed by atoms with Crippen LogP contribution in [0.4, 0.5) is 5.69 Å². The molecule has 23 heavy (non-hydrogen) atoms. The number of hydrogen-bond acceptors (Lipinski definition) is 2. The minimum Gasteiger partial charge on any atom is -0.341 e. The molecular formula is C19H20N2O2. The highest BCUT2D eigenvalue weighted by atomic mass is 16.2. The van der Waals surface area contributed by atoms with Crippen LogP contribution in [-0.2, 0) is 22.4 Å². The Morgan fingerprint density at radius 1 is 1.04 bits per heavy atom. The van der Waals surface area contributed by atoms with E-state index in [4.69, 9.17) is 0 Å². The quantitative estimate of drug-likeness (QED) is 0.856. The summed E-state index contributed by atoms with van der Waals surface area (Å²) in [6.07, 6.45) is 2.57. The molecule has 0 aliphatic heterocycles. The van der Waals surface area contributed by atoms with Crippen LogP contribution < -0.4 is 10.6 Å². The zero-order chi connectivity index (χ0) is 16.2. The predicted octanol–water partition coefficient (Wildman–Crippen LogP) is 2.99. The molecule has 0 spiro atoms. The molecule has 118 valence electrons. The van der Waals surface area contributed by atoms with Crippen molar-refractivity contribution in [3.8, 4) is 0 Å². The number of fused-ring (bicyclic) bond motifs is 1. The van der Waals surface area contributed by atoms with Gasteiger partial charge in [0.1, 0.15) is 0 Å². The molecule has 4 nitrogen and oxygen atoms in total. The van der Waals surface area contributed by atoms with Gasteiger partial charge >= 0.3 is 11.8 Å². The number of hydrogen-bond donors (Lipinski definition) is 2. The summed E-state index contributed by atoms with van der Waals surface area (Å²) in [4.78, 5) is 24.3. The van der Waals surface area contributed by atoms with Crippen LogP contribution in [-0.4, -0.2) is 11.8 Å². The van der Waals surface area contributed by atoms with Crippen molar-refractivity contribution >= 4 is 17.5 Å². The second kappa shape index (κ2) is 6.65. The van der Waals surface area contributed by atoms with E-state index in [1.54, 1.807) is 0 Å². The molecule has 1 aliphatic rings. The highest BCUT2D eigenvalue weighted by molar-refractivity contribution is 6.39. The first-order valence-electron chi connectivity index (χ1n) is 7.96. The van der Waals surface area contributed by atoms with Crippen molar-refractivity contribution in [1.29, 1.82) is 0 Å². The molecule has 0 saturated heterocycles. The fourth-order valence-electron chi connectivity index (χ4n) is 3.06. The number of anilines is 1. The Labute approximate surface area is 135 Å². The van der Waals surface area contributed by atoms with Crippen LogP contribution in [0.5, 0.6) is 0 Å². The van der Waals surface area contributed by atoms with Crippen LogP contribution in [0, 0.1) is 0 Å². The fraction of sp³-hybridized carbons (Fsp3) is 0.263. The van der Waals surface area contributed by atoms with Crippen molar-refractivity contribution in [3.05, 3.63) is 65.2 Å². The first-order valence-corrected chi connectivity index (χ1v) is 7.96. The van der Waals surface area contributed by atoms with E-state index in [0.29, 0.717) is 5.69 Å². The first kappa shape index (κ1) is 15.3. The summed E-state index contributed by atoms with van der Waals surface area (Å²) in [6, 6.07) is 15.5. The third-order valence-electron chi connectivity index (χ3n) is 4.29. The van der Waals surface area contributed by atoms with Crippen LogP contribution in [0.2, 0.25) is 0 Å². The molecule has 1 unspecified atom stereocenters. The van der Waals surface area contributed by atoms with Crippen LogP contribution in [0.3, 0.4) is 0 Å². The monoisotopic (exact) mass is 308 g/mol. The summed E-state index contributed by atoms with van der Waals surface area (Å²) < 4.78 is 0. The molecule has 2 aromatic carbocycles. The zero-order valence-corrected chi connectivity index (χ0v) is 13.1. The van der Waals surface area contributed by atoms with E-state index in [1.165, 1.54) is 5.56 Å². The van der Waals surface area contributed by atoms with Gasteiger partial charge in [0, 0.05) is 5.69 Å². The van der Waals surface area contributed by atoms with Crippen LogP contribution in [0.1, 0.15) is 36.1 Å². The Morgan fingerprint density at radius 3 is 2.61 bits per heavy atom. The second-order valence-corrected chi connectivity index (χ2v) is 5.73. The van der Waals surface area contributed by atoms with E-state index in [0.717, 1.165) is 30.4 Å². The van der Waals surface area contributed by atoms with Crippen LogP contribution in [0.25, 0.3) is 0 Å². The topological polar surface area (TPSA) is 58.2 Å². The SMILES string of the molecule is CCc1ccccc1NC(=O)C(=O)NC1CCc2ccccc21. The van der Waals surface area contributed by atoms with Gasteiger partial charge in [-0.05, 0) is 42.0 Å². The van der Waals surface area contributed by atoms with Gasteiger partial charge in [0.25, 0.3) is 0 Å². The number of para-hydroxylation sites is 1. The summed E-state index contributed by atoms with van der Waals surface area (Å²) in [6.45, 7) is 2.01. The van der Waals surface area contributed by atoms with E-state index in [-0.39, 0.29) is 6.04 Å². The Balaban J connectivity index is 1.66. The van der Waals surface area contributed by atoms with E-state index in [2.05, 4.69) is 16.7 Å². The lowest BCUT2D eigenvalue weighted by Crippen LogP contribution is -2.37. The Hall–Kier alpha value is -2.62. The number of carbonyl (C=O) groups excluding carboxylic acids is 2. The van der Waals surface area contributed by atoms with Gasteiger partial charge in [-0.2, -0.15) is 0 Å². The highest BCUT2D eigenvalue weighted by Gasteiger charge is 2.26. The van der Waals surface area contributed by atoms with Gasteiger partial charge in [0.15, 0.2) is 0 Å². The molecule has 1 atom stereocenters. The van der Waals surface area contributed by atoms with Gasteiger partial charge in [0.05, 0.1) is 6.04 Å². The van der Waals surface area contributed by atoms with Gasteiger partial charge in [-0.1, -0.05) is 49.4 Å². The third-order valence-corrected chi connectivity index (χ3v) is 4.29. The standard InChI is InChI=1S/C19H20N2O2/c1-2-13-7-4-6-10-16(13)20-18(22)19(23)21-17-12-11-14-8-3-5-9-15(14)17/h3-10,17H,2,11-12H2,1H3,(H,20,22)(H,21,23). The van der Waals surface area contributed by atoms with Crippen molar-refractivity contribution in [1.82, 2.24) is 5.32 Å². The number of rotatable bonds is 3. The van der Waals surface area contributed by atoms with Crippen molar-refractivity contribution in [3.63, 3.8) is 0 Å². The van der Waals surface area contributed by atoms with E-state index < -0.39 is 11.8 Å². The maximum Gasteiger partial charge on any atom is 0.313 e. The van der Waals surface area contributed by atoms with Gasteiger partial charge in [-0.25, -0.2) is 0 Å². The zero-order valence-electron chi connectivity index (χ0n) is 13.1.